The van der Waals surface area contributed by atoms with E-state index in [-0.39, 0.29) is 18.1 Å². The van der Waals surface area contributed by atoms with Gasteiger partial charge in [0.1, 0.15) is 11.5 Å². The Kier molecular flexibility index (Phi) is 5.11. The highest BCUT2D eigenvalue weighted by molar-refractivity contribution is 5.98. The zero-order valence-electron chi connectivity index (χ0n) is 15.7. The maximum atomic E-state index is 13.9. The lowest BCUT2D eigenvalue weighted by Gasteiger charge is -2.09. The van der Waals surface area contributed by atoms with Crippen molar-refractivity contribution >= 4 is 5.91 Å². The monoisotopic (exact) mass is 387 g/mol. The number of hydrogen-bond acceptors (Lipinski definition) is 4. The first-order valence-electron chi connectivity index (χ1n) is 9.08. The van der Waals surface area contributed by atoms with Crippen molar-refractivity contribution in [3.63, 3.8) is 0 Å². The molecule has 1 amide bonds. The Morgan fingerprint density at radius 1 is 1.07 bits per heavy atom. The molecule has 1 N–H and O–H groups in total. The van der Waals surface area contributed by atoms with Crippen LogP contribution in [0.25, 0.3) is 16.9 Å². The number of aryl methyl sites for hydroxylation is 1. The van der Waals surface area contributed by atoms with E-state index in [1.54, 1.807) is 41.3 Å². The highest BCUT2D eigenvalue weighted by Gasteiger charge is 2.22. The summed E-state index contributed by atoms with van der Waals surface area (Å²) in [6.45, 7) is 2.05. The summed E-state index contributed by atoms with van der Waals surface area (Å²) in [5.74, 6) is -0.811. The summed E-state index contributed by atoms with van der Waals surface area (Å²) in [7, 11) is 0. The highest BCUT2D eigenvalue weighted by atomic mass is 19.1. The molecule has 4 rings (SSSR count). The van der Waals surface area contributed by atoms with Crippen molar-refractivity contribution in [3.05, 3.63) is 95.7 Å². The van der Waals surface area contributed by atoms with Crippen molar-refractivity contribution in [2.75, 3.05) is 0 Å². The van der Waals surface area contributed by atoms with Crippen LogP contribution in [0.15, 0.2) is 73.1 Å². The van der Waals surface area contributed by atoms with Crippen molar-refractivity contribution in [1.82, 2.24) is 25.3 Å². The number of pyridine rings is 1. The van der Waals surface area contributed by atoms with Gasteiger partial charge in [0.05, 0.1) is 5.69 Å². The van der Waals surface area contributed by atoms with Gasteiger partial charge < -0.3 is 5.32 Å². The smallest absolute Gasteiger partial charge is 0.274 e. The topological polar surface area (TPSA) is 72.7 Å². The maximum Gasteiger partial charge on any atom is 0.274 e. The largest absolute Gasteiger partial charge is 0.346 e. The molecule has 29 heavy (non-hydrogen) atoms. The number of halogens is 1. The number of carbonyl (C=O) groups is 1. The van der Waals surface area contributed by atoms with Crippen molar-refractivity contribution < 1.29 is 9.18 Å². The van der Waals surface area contributed by atoms with Crippen LogP contribution in [0.2, 0.25) is 0 Å². The number of benzene rings is 2. The lowest BCUT2D eigenvalue weighted by molar-refractivity contribution is 0.0946. The van der Waals surface area contributed by atoms with Gasteiger partial charge in [-0.15, -0.1) is 5.10 Å². The Morgan fingerprint density at radius 3 is 2.59 bits per heavy atom. The molecule has 6 nitrogen and oxygen atoms in total. The van der Waals surface area contributed by atoms with E-state index in [1.807, 2.05) is 37.3 Å². The third-order valence-electron chi connectivity index (χ3n) is 4.50. The Labute approximate surface area is 167 Å². The van der Waals surface area contributed by atoms with Crippen LogP contribution in [0.5, 0.6) is 0 Å². The molecule has 0 radical (unpaired) electrons. The Hall–Kier alpha value is -3.87. The number of aromatic nitrogens is 4. The van der Waals surface area contributed by atoms with E-state index < -0.39 is 5.91 Å². The quantitative estimate of drug-likeness (QED) is 0.567. The van der Waals surface area contributed by atoms with Crippen molar-refractivity contribution in [2.24, 2.45) is 0 Å². The molecule has 0 fully saturated rings. The molecule has 4 aromatic rings. The summed E-state index contributed by atoms with van der Waals surface area (Å²) in [5, 5.41) is 11.0. The van der Waals surface area contributed by atoms with Gasteiger partial charge in [-0.1, -0.05) is 41.1 Å². The van der Waals surface area contributed by atoms with Gasteiger partial charge >= 0.3 is 0 Å². The second kappa shape index (κ2) is 8.02. The van der Waals surface area contributed by atoms with Gasteiger partial charge in [0.15, 0.2) is 5.69 Å². The number of hydrogen-bond donors (Lipinski definition) is 1. The predicted octanol–water partition coefficient (Wildman–Crippen LogP) is 3.71. The second-order valence-electron chi connectivity index (χ2n) is 6.55. The minimum Gasteiger partial charge on any atom is -0.346 e. The summed E-state index contributed by atoms with van der Waals surface area (Å²) < 4.78 is 15.5. The van der Waals surface area contributed by atoms with Gasteiger partial charge in [-0.05, 0) is 37.3 Å². The van der Waals surface area contributed by atoms with E-state index in [0.29, 0.717) is 16.8 Å². The summed E-state index contributed by atoms with van der Waals surface area (Å²) in [6.07, 6.45) is 3.30. The molecule has 0 bridgehead atoms. The van der Waals surface area contributed by atoms with Crippen LogP contribution in [-0.4, -0.2) is 25.9 Å². The number of amides is 1. The van der Waals surface area contributed by atoms with Crippen LogP contribution in [0.3, 0.4) is 0 Å². The van der Waals surface area contributed by atoms with Gasteiger partial charge in [-0.2, -0.15) is 0 Å². The molecule has 0 aliphatic rings. The first-order valence-corrected chi connectivity index (χ1v) is 9.08. The lowest BCUT2D eigenvalue weighted by atomic mass is 10.1. The van der Waals surface area contributed by atoms with Crippen LogP contribution in [0, 0.1) is 12.7 Å². The molecular weight excluding hydrogens is 369 g/mol. The van der Waals surface area contributed by atoms with Crippen LogP contribution >= 0.6 is 0 Å². The molecule has 0 saturated carbocycles. The molecule has 0 aliphatic carbocycles. The Morgan fingerprint density at radius 2 is 1.86 bits per heavy atom. The molecule has 0 saturated heterocycles. The fraction of sp³-hybridized carbons (Fsp3) is 0.0909. The van der Waals surface area contributed by atoms with Gasteiger partial charge in [0, 0.05) is 30.1 Å². The Balaban J connectivity index is 1.70. The van der Waals surface area contributed by atoms with E-state index in [2.05, 4.69) is 20.6 Å². The maximum absolute atomic E-state index is 13.9. The summed E-state index contributed by atoms with van der Waals surface area (Å²) in [4.78, 5) is 17.0. The van der Waals surface area contributed by atoms with Crippen LogP contribution in [0.1, 0.15) is 21.6 Å². The molecule has 0 aliphatic heterocycles. The average molecular weight is 387 g/mol. The molecule has 2 aromatic heterocycles. The fourth-order valence-electron chi connectivity index (χ4n) is 2.96. The molecular formula is C22H18FN5O. The van der Waals surface area contributed by atoms with Crippen molar-refractivity contribution in [2.45, 2.75) is 13.5 Å². The first kappa shape index (κ1) is 18.5. The minimum atomic E-state index is -0.439. The van der Waals surface area contributed by atoms with E-state index in [4.69, 9.17) is 0 Å². The van der Waals surface area contributed by atoms with Crippen molar-refractivity contribution in [3.8, 4) is 16.9 Å². The van der Waals surface area contributed by atoms with E-state index >= 15 is 0 Å². The highest BCUT2D eigenvalue weighted by Crippen LogP contribution is 2.25. The third-order valence-corrected chi connectivity index (χ3v) is 4.50. The van der Waals surface area contributed by atoms with Crippen molar-refractivity contribution in [1.29, 1.82) is 0 Å². The fourth-order valence-corrected chi connectivity index (χ4v) is 2.96. The van der Waals surface area contributed by atoms with Crippen LogP contribution in [-0.2, 0) is 6.54 Å². The number of nitrogens with one attached hydrogen (secondary N) is 1. The van der Waals surface area contributed by atoms with E-state index in [0.717, 1.165) is 11.3 Å². The average Bonchev–Trinajstić information content (AvgIpc) is 3.19. The van der Waals surface area contributed by atoms with Gasteiger partial charge in [-0.25, -0.2) is 9.07 Å². The number of rotatable bonds is 5. The Bertz CT molecular complexity index is 1140. The minimum absolute atomic E-state index is 0.0510. The second-order valence-corrected chi connectivity index (χ2v) is 6.55. The van der Waals surface area contributed by atoms with Gasteiger partial charge in [-0.3, -0.25) is 9.78 Å². The summed E-state index contributed by atoms with van der Waals surface area (Å²) in [6, 6.07) is 17.7. The number of carbonyl (C=O) groups excluding carboxylic acids is 1. The molecule has 0 spiro atoms. The SMILES string of the molecule is Cc1ccc(-n2nnc(C(=O)NCc3ccccc3F)c2-c2cccnc2)cc1. The summed E-state index contributed by atoms with van der Waals surface area (Å²) >= 11 is 0. The normalized spacial score (nSPS) is 10.7. The zero-order valence-corrected chi connectivity index (χ0v) is 15.7. The van der Waals surface area contributed by atoms with Crippen LogP contribution in [0.4, 0.5) is 4.39 Å². The van der Waals surface area contributed by atoms with E-state index in [9.17, 15) is 9.18 Å². The standard InChI is InChI=1S/C22H18FN5O/c1-15-8-10-18(11-9-15)28-21(17-6-4-12-24-13-17)20(26-27-28)22(29)25-14-16-5-2-3-7-19(16)23/h2-13H,14H2,1H3,(H,25,29). The lowest BCUT2D eigenvalue weighted by Crippen LogP contribution is -2.24. The molecule has 2 heterocycles. The summed E-state index contributed by atoms with van der Waals surface area (Å²) in [5.41, 5.74) is 3.65. The van der Waals surface area contributed by atoms with Gasteiger partial charge in [0.25, 0.3) is 5.91 Å². The van der Waals surface area contributed by atoms with Crippen LogP contribution < -0.4 is 5.32 Å². The molecule has 0 unspecified atom stereocenters. The zero-order chi connectivity index (χ0) is 20.2. The third kappa shape index (κ3) is 3.89. The van der Waals surface area contributed by atoms with Gasteiger partial charge in [0.2, 0.25) is 0 Å². The van der Waals surface area contributed by atoms with E-state index in [1.165, 1.54) is 6.07 Å². The number of nitrogens with zero attached hydrogens (tertiary/aromatic N) is 4. The predicted molar refractivity (Wildman–Crippen MR) is 107 cm³/mol. The molecule has 0 atom stereocenters. The molecule has 2 aromatic carbocycles. The first-order chi connectivity index (χ1) is 14.1. The molecule has 144 valence electrons. The molecule has 7 heteroatoms.